The third-order valence-corrected chi connectivity index (χ3v) is 4.18. The molecule has 25 heavy (non-hydrogen) atoms. The molecule has 0 aliphatic heterocycles. The molecule has 4 heteroatoms. The molecule has 1 N–H and O–H groups in total. The van der Waals surface area contributed by atoms with Gasteiger partial charge < -0.3 is 10.1 Å². The lowest BCUT2D eigenvalue weighted by atomic mass is 10.0. The second kappa shape index (κ2) is 7.34. The lowest BCUT2D eigenvalue weighted by Gasteiger charge is -2.12. The first-order chi connectivity index (χ1) is 12.1. The molecule has 0 bridgehead atoms. The van der Waals surface area contributed by atoms with Gasteiger partial charge in [0, 0.05) is 17.6 Å². The van der Waals surface area contributed by atoms with Gasteiger partial charge in [-0.3, -0.25) is 9.78 Å². The first kappa shape index (κ1) is 17.0. The molecule has 0 aliphatic rings. The quantitative estimate of drug-likeness (QED) is 0.757. The Morgan fingerprint density at radius 1 is 1.12 bits per heavy atom. The van der Waals surface area contributed by atoms with Crippen molar-refractivity contribution in [2.75, 3.05) is 7.11 Å². The number of benzene rings is 2. The van der Waals surface area contributed by atoms with Gasteiger partial charge in [0.05, 0.1) is 18.2 Å². The Labute approximate surface area is 147 Å². The minimum absolute atomic E-state index is 0.0867. The second-order valence-electron chi connectivity index (χ2n) is 6.30. The van der Waals surface area contributed by atoms with Gasteiger partial charge >= 0.3 is 0 Å². The minimum atomic E-state index is -0.0867. The van der Waals surface area contributed by atoms with Crippen LogP contribution in [0.15, 0.2) is 54.6 Å². The molecule has 0 saturated carbocycles. The average Bonchev–Trinajstić information content (AvgIpc) is 2.65. The van der Waals surface area contributed by atoms with Crippen LogP contribution >= 0.6 is 0 Å². The van der Waals surface area contributed by atoms with Gasteiger partial charge in [-0.15, -0.1) is 0 Å². The Morgan fingerprint density at radius 3 is 2.52 bits per heavy atom. The van der Waals surface area contributed by atoms with E-state index in [9.17, 15) is 4.79 Å². The molecule has 0 unspecified atom stereocenters. The number of hydrogen-bond donors (Lipinski definition) is 1. The van der Waals surface area contributed by atoms with E-state index < -0.39 is 0 Å². The summed E-state index contributed by atoms with van der Waals surface area (Å²) in [7, 11) is 1.64. The number of nitrogens with one attached hydrogen (secondary N) is 1. The number of para-hydroxylation sites is 1. The predicted molar refractivity (Wildman–Crippen MR) is 100.0 cm³/mol. The van der Waals surface area contributed by atoms with E-state index in [1.807, 2.05) is 54.6 Å². The van der Waals surface area contributed by atoms with Crippen LogP contribution in [0.2, 0.25) is 0 Å². The summed E-state index contributed by atoms with van der Waals surface area (Å²) < 4.78 is 5.15. The SMILES string of the molecule is COc1ccc(CNC(=O)c2cc(C(C)C)nc3ccccc23)cc1. The summed E-state index contributed by atoms with van der Waals surface area (Å²) >= 11 is 0. The fourth-order valence-corrected chi connectivity index (χ4v) is 2.70. The Morgan fingerprint density at radius 2 is 1.84 bits per heavy atom. The molecule has 3 rings (SSSR count). The third kappa shape index (κ3) is 3.79. The highest BCUT2D eigenvalue weighted by molar-refractivity contribution is 6.06. The largest absolute Gasteiger partial charge is 0.497 e. The summed E-state index contributed by atoms with van der Waals surface area (Å²) in [4.78, 5) is 17.4. The van der Waals surface area contributed by atoms with Gasteiger partial charge in [-0.25, -0.2) is 0 Å². The van der Waals surface area contributed by atoms with Crippen molar-refractivity contribution in [3.05, 3.63) is 71.4 Å². The monoisotopic (exact) mass is 334 g/mol. The van der Waals surface area contributed by atoms with Crippen LogP contribution in [0.4, 0.5) is 0 Å². The second-order valence-corrected chi connectivity index (χ2v) is 6.30. The summed E-state index contributed by atoms with van der Waals surface area (Å²) in [5.74, 6) is 0.978. The number of rotatable bonds is 5. The zero-order valence-corrected chi connectivity index (χ0v) is 14.7. The van der Waals surface area contributed by atoms with Crippen molar-refractivity contribution in [3.63, 3.8) is 0 Å². The molecule has 2 aromatic carbocycles. The number of carbonyl (C=O) groups excluding carboxylic acids is 1. The number of aromatic nitrogens is 1. The van der Waals surface area contributed by atoms with Gasteiger partial charge in [-0.2, -0.15) is 0 Å². The Hall–Kier alpha value is -2.88. The van der Waals surface area contributed by atoms with E-state index in [-0.39, 0.29) is 11.8 Å². The van der Waals surface area contributed by atoms with Crippen LogP contribution in [-0.4, -0.2) is 18.0 Å². The lowest BCUT2D eigenvalue weighted by molar-refractivity contribution is 0.0952. The van der Waals surface area contributed by atoms with Crippen molar-refractivity contribution in [3.8, 4) is 5.75 Å². The molecule has 0 fully saturated rings. The van der Waals surface area contributed by atoms with Gasteiger partial charge in [0.1, 0.15) is 5.75 Å². The summed E-state index contributed by atoms with van der Waals surface area (Å²) in [6.45, 7) is 4.63. The Balaban J connectivity index is 1.85. The van der Waals surface area contributed by atoms with Crippen molar-refractivity contribution in [2.45, 2.75) is 26.3 Å². The molecular weight excluding hydrogens is 312 g/mol. The van der Waals surface area contributed by atoms with Gasteiger partial charge in [0.25, 0.3) is 5.91 Å². The van der Waals surface area contributed by atoms with Gasteiger partial charge in [-0.1, -0.05) is 44.2 Å². The van der Waals surface area contributed by atoms with Crippen LogP contribution < -0.4 is 10.1 Å². The molecule has 1 amide bonds. The van der Waals surface area contributed by atoms with E-state index in [0.29, 0.717) is 12.1 Å². The van der Waals surface area contributed by atoms with Crippen LogP contribution in [0.3, 0.4) is 0 Å². The smallest absolute Gasteiger partial charge is 0.252 e. The molecule has 128 valence electrons. The third-order valence-electron chi connectivity index (χ3n) is 4.18. The topological polar surface area (TPSA) is 51.2 Å². The number of hydrogen-bond acceptors (Lipinski definition) is 3. The molecule has 0 atom stereocenters. The number of amides is 1. The molecule has 4 nitrogen and oxygen atoms in total. The molecule has 1 heterocycles. The maximum atomic E-state index is 12.8. The molecular formula is C21H22N2O2. The highest BCUT2D eigenvalue weighted by Gasteiger charge is 2.14. The number of pyridine rings is 1. The standard InChI is InChI=1S/C21H22N2O2/c1-14(2)20-12-18(17-6-4-5-7-19(17)23-20)21(24)22-13-15-8-10-16(25-3)11-9-15/h4-12,14H,13H2,1-3H3,(H,22,24). The normalized spacial score (nSPS) is 10.9. The Bertz CT molecular complexity index is 886. The fourth-order valence-electron chi connectivity index (χ4n) is 2.70. The fraction of sp³-hybridized carbons (Fsp3) is 0.238. The number of methoxy groups -OCH3 is 1. The van der Waals surface area contributed by atoms with Crippen LogP contribution in [0, 0.1) is 0 Å². The predicted octanol–water partition coefficient (Wildman–Crippen LogP) is 4.30. The molecule has 0 aliphatic carbocycles. The maximum Gasteiger partial charge on any atom is 0.252 e. The summed E-state index contributed by atoms with van der Waals surface area (Å²) in [5.41, 5.74) is 3.47. The van der Waals surface area contributed by atoms with E-state index in [1.54, 1.807) is 7.11 Å². The summed E-state index contributed by atoms with van der Waals surface area (Å²) in [6, 6.07) is 17.3. The first-order valence-electron chi connectivity index (χ1n) is 8.39. The van der Waals surface area contributed by atoms with E-state index in [2.05, 4.69) is 24.1 Å². The average molecular weight is 334 g/mol. The molecule has 0 spiro atoms. The van der Waals surface area contributed by atoms with Gasteiger partial charge in [-0.05, 0) is 35.7 Å². The molecule has 1 aromatic heterocycles. The summed E-state index contributed by atoms with van der Waals surface area (Å²) in [5, 5.41) is 3.88. The van der Waals surface area contributed by atoms with Crippen LogP contribution in [0.1, 0.15) is 41.4 Å². The zero-order valence-electron chi connectivity index (χ0n) is 14.7. The zero-order chi connectivity index (χ0) is 17.8. The Kier molecular flexibility index (Phi) is 4.98. The van der Waals surface area contributed by atoms with E-state index in [1.165, 1.54) is 0 Å². The van der Waals surface area contributed by atoms with E-state index in [4.69, 9.17) is 4.74 Å². The highest BCUT2D eigenvalue weighted by Crippen LogP contribution is 2.22. The minimum Gasteiger partial charge on any atom is -0.497 e. The first-order valence-corrected chi connectivity index (χ1v) is 8.39. The molecule has 0 saturated heterocycles. The van der Waals surface area contributed by atoms with Crippen molar-refractivity contribution < 1.29 is 9.53 Å². The van der Waals surface area contributed by atoms with Gasteiger partial charge in [0.2, 0.25) is 0 Å². The van der Waals surface area contributed by atoms with Gasteiger partial charge in [0.15, 0.2) is 0 Å². The number of ether oxygens (including phenoxy) is 1. The van der Waals surface area contributed by atoms with Crippen molar-refractivity contribution in [1.29, 1.82) is 0 Å². The van der Waals surface area contributed by atoms with Crippen LogP contribution in [-0.2, 0) is 6.54 Å². The lowest BCUT2D eigenvalue weighted by Crippen LogP contribution is -2.23. The highest BCUT2D eigenvalue weighted by atomic mass is 16.5. The van der Waals surface area contributed by atoms with Crippen LogP contribution in [0.25, 0.3) is 10.9 Å². The van der Waals surface area contributed by atoms with E-state index >= 15 is 0 Å². The molecule has 0 radical (unpaired) electrons. The number of fused-ring (bicyclic) bond motifs is 1. The molecule has 3 aromatic rings. The maximum absolute atomic E-state index is 12.8. The summed E-state index contributed by atoms with van der Waals surface area (Å²) in [6.07, 6.45) is 0. The number of nitrogens with zero attached hydrogens (tertiary/aromatic N) is 1. The number of carbonyl (C=O) groups is 1. The van der Waals surface area contributed by atoms with Crippen molar-refractivity contribution >= 4 is 16.8 Å². The van der Waals surface area contributed by atoms with Crippen molar-refractivity contribution in [2.24, 2.45) is 0 Å². The van der Waals surface area contributed by atoms with Crippen molar-refractivity contribution in [1.82, 2.24) is 10.3 Å². The van der Waals surface area contributed by atoms with Crippen LogP contribution in [0.5, 0.6) is 5.75 Å². The van der Waals surface area contributed by atoms with E-state index in [0.717, 1.165) is 27.9 Å².